The van der Waals surface area contributed by atoms with E-state index in [1.807, 2.05) is 30.5 Å². The number of unbranched alkanes of at least 4 members (excludes halogenated alkanes) is 1. The molecule has 0 aliphatic carbocycles. The third-order valence-corrected chi connectivity index (χ3v) is 8.27. The van der Waals surface area contributed by atoms with E-state index in [2.05, 4.69) is 4.99 Å². The van der Waals surface area contributed by atoms with E-state index in [4.69, 9.17) is 13.9 Å². The number of ether oxygens (including phenoxy) is 2. The second kappa shape index (κ2) is 12.0. The largest absolute Gasteiger partial charge is 0.463 e. The molecule has 1 aromatic carbocycles. The summed E-state index contributed by atoms with van der Waals surface area (Å²) in [6, 6.07) is 13.8. The van der Waals surface area contributed by atoms with Gasteiger partial charge in [0.2, 0.25) is 0 Å². The summed E-state index contributed by atoms with van der Waals surface area (Å²) in [5, 5.41) is 1.91. The fraction of sp³-hybridized carbons (Fsp3) is 0.267. The lowest BCUT2D eigenvalue weighted by atomic mass is 10.0. The average molecular weight is 577 g/mol. The first-order valence-electron chi connectivity index (χ1n) is 13.0. The van der Waals surface area contributed by atoms with Crippen molar-refractivity contribution >= 4 is 40.7 Å². The molecule has 1 aliphatic heterocycles. The van der Waals surface area contributed by atoms with Gasteiger partial charge >= 0.3 is 11.9 Å². The molecule has 0 N–H and O–H groups in total. The standard InChI is InChI=1S/C30H28N2O6S2/c1-4-6-15-37-28(34)20-11-9-19(10-12-20)22-14-13-21(38-22)17-24-27(33)32-26(23-8-7-16-39-23)25(29(35)36-5-2)18(3)31-30(32)40-24/h7-14,16-17,26H,4-6,15H2,1-3H3/b24-17-/t26-/m1/s1. The Morgan fingerprint density at radius 1 is 1.07 bits per heavy atom. The van der Waals surface area contributed by atoms with E-state index < -0.39 is 12.0 Å². The fourth-order valence-electron chi connectivity index (χ4n) is 4.39. The third-order valence-electron chi connectivity index (χ3n) is 6.37. The van der Waals surface area contributed by atoms with Gasteiger partial charge in [0.1, 0.15) is 17.6 Å². The van der Waals surface area contributed by atoms with E-state index in [-0.39, 0.29) is 18.1 Å². The van der Waals surface area contributed by atoms with Crippen molar-refractivity contribution in [3.8, 4) is 11.3 Å². The summed E-state index contributed by atoms with van der Waals surface area (Å²) in [4.78, 5) is 44.7. The molecule has 0 radical (unpaired) electrons. The van der Waals surface area contributed by atoms with Gasteiger partial charge in [0, 0.05) is 16.5 Å². The first kappa shape index (κ1) is 27.5. The lowest BCUT2D eigenvalue weighted by Crippen LogP contribution is -2.39. The zero-order valence-electron chi connectivity index (χ0n) is 22.3. The number of benzene rings is 1. The number of allylic oxidation sites excluding steroid dienone is 1. The van der Waals surface area contributed by atoms with Crippen LogP contribution in [0.15, 0.2) is 79.4 Å². The minimum Gasteiger partial charge on any atom is -0.463 e. The summed E-state index contributed by atoms with van der Waals surface area (Å²) >= 11 is 2.71. The molecule has 0 saturated carbocycles. The molecule has 4 aromatic rings. The highest BCUT2D eigenvalue weighted by Gasteiger charge is 2.33. The Balaban J connectivity index is 1.46. The number of thiazole rings is 1. The van der Waals surface area contributed by atoms with Crippen LogP contribution in [0.4, 0.5) is 0 Å². The molecule has 3 aromatic heterocycles. The van der Waals surface area contributed by atoms with Crippen LogP contribution >= 0.6 is 22.7 Å². The first-order valence-corrected chi connectivity index (χ1v) is 14.7. The number of hydrogen-bond acceptors (Lipinski definition) is 9. The summed E-state index contributed by atoms with van der Waals surface area (Å²) in [6.07, 6.45) is 3.47. The summed E-state index contributed by atoms with van der Waals surface area (Å²) in [5.41, 5.74) is 1.90. The highest BCUT2D eigenvalue weighted by Crippen LogP contribution is 2.33. The summed E-state index contributed by atoms with van der Waals surface area (Å²) in [7, 11) is 0. The van der Waals surface area contributed by atoms with Crippen LogP contribution in [0.3, 0.4) is 0 Å². The number of carbonyl (C=O) groups excluding carboxylic acids is 2. The monoisotopic (exact) mass is 576 g/mol. The van der Waals surface area contributed by atoms with Crippen LogP contribution < -0.4 is 14.9 Å². The van der Waals surface area contributed by atoms with Gasteiger partial charge in [-0.3, -0.25) is 9.36 Å². The van der Waals surface area contributed by atoms with Crippen LogP contribution in [0, 0.1) is 0 Å². The molecule has 10 heteroatoms. The van der Waals surface area contributed by atoms with Gasteiger partial charge in [0.15, 0.2) is 4.80 Å². The molecule has 1 atom stereocenters. The predicted molar refractivity (Wildman–Crippen MR) is 154 cm³/mol. The molecule has 0 spiro atoms. The van der Waals surface area contributed by atoms with Crippen molar-refractivity contribution in [1.82, 2.24) is 4.57 Å². The van der Waals surface area contributed by atoms with Crippen LogP contribution in [0.1, 0.15) is 60.7 Å². The van der Waals surface area contributed by atoms with Crippen LogP contribution in [0.25, 0.3) is 17.4 Å². The van der Waals surface area contributed by atoms with Gasteiger partial charge in [-0.25, -0.2) is 14.6 Å². The van der Waals surface area contributed by atoms with Crippen molar-refractivity contribution in [2.24, 2.45) is 4.99 Å². The molecule has 0 unspecified atom stereocenters. The molecule has 0 bridgehead atoms. The Hall–Kier alpha value is -4.02. The Morgan fingerprint density at radius 3 is 2.58 bits per heavy atom. The van der Waals surface area contributed by atoms with Gasteiger partial charge in [-0.1, -0.05) is 42.9 Å². The first-order chi connectivity index (χ1) is 19.4. The summed E-state index contributed by atoms with van der Waals surface area (Å²) in [6.45, 7) is 6.18. The minimum atomic E-state index is -0.614. The number of carbonyl (C=O) groups is 2. The molecule has 0 fully saturated rings. The fourth-order valence-corrected chi connectivity index (χ4v) is 6.24. The van der Waals surface area contributed by atoms with Gasteiger partial charge in [-0.15, -0.1) is 11.3 Å². The molecule has 1 aliphatic rings. The van der Waals surface area contributed by atoms with Crippen molar-refractivity contribution < 1.29 is 23.5 Å². The van der Waals surface area contributed by atoms with E-state index in [0.717, 1.165) is 23.3 Å². The summed E-state index contributed by atoms with van der Waals surface area (Å²) in [5.74, 6) is 0.268. The van der Waals surface area contributed by atoms with Gasteiger partial charge in [0.05, 0.1) is 34.6 Å². The number of esters is 2. The van der Waals surface area contributed by atoms with E-state index in [1.54, 1.807) is 54.8 Å². The number of aromatic nitrogens is 1. The molecule has 40 heavy (non-hydrogen) atoms. The Bertz CT molecular complexity index is 1740. The van der Waals surface area contributed by atoms with Crippen LogP contribution in [0.2, 0.25) is 0 Å². The summed E-state index contributed by atoms with van der Waals surface area (Å²) < 4.78 is 18.6. The molecule has 4 heterocycles. The average Bonchev–Trinajstić information content (AvgIpc) is 3.70. The van der Waals surface area contributed by atoms with Gasteiger partial charge in [0.25, 0.3) is 5.56 Å². The van der Waals surface area contributed by atoms with Crippen LogP contribution in [-0.4, -0.2) is 29.7 Å². The lowest BCUT2D eigenvalue weighted by molar-refractivity contribution is -0.139. The maximum absolute atomic E-state index is 13.7. The number of fused-ring (bicyclic) bond motifs is 1. The number of rotatable bonds is 9. The van der Waals surface area contributed by atoms with E-state index in [0.29, 0.717) is 44.3 Å². The normalized spacial score (nSPS) is 15.1. The quantitative estimate of drug-likeness (QED) is 0.204. The Kier molecular flexibility index (Phi) is 8.27. The predicted octanol–water partition coefficient (Wildman–Crippen LogP) is 5.08. The molecular weight excluding hydrogens is 548 g/mol. The van der Waals surface area contributed by atoms with Gasteiger partial charge in [-0.05, 0) is 56.0 Å². The molecule has 0 saturated heterocycles. The third kappa shape index (κ3) is 5.50. The SMILES string of the molecule is CCCCOC(=O)c1ccc(-c2ccc(/C=c3\sc4n(c3=O)[C@H](c3cccs3)C(C(=O)OCC)=C(C)N=4)o2)cc1. The lowest BCUT2D eigenvalue weighted by Gasteiger charge is -2.23. The molecular formula is C30H28N2O6S2. The number of thiophene rings is 1. The van der Waals surface area contributed by atoms with E-state index >= 15 is 0 Å². The highest BCUT2D eigenvalue weighted by atomic mass is 32.1. The van der Waals surface area contributed by atoms with Crippen molar-refractivity contribution in [3.63, 3.8) is 0 Å². The molecule has 0 amide bonds. The Morgan fingerprint density at radius 2 is 1.88 bits per heavy atom. The second-order valence-electron chi connectivity index (χ2n) is 9.09. The molecule has 5 rings (SSSR count). The van der Waals surface area contributed by atoms with E-state index in [1.165, 1.54) is 22.7 Å². The van der Waals surface area contributed by atoms with Gasteiger partial charge < -0.3 is 13.9 Å². The zero-order valence-corrected chi connectivity index (χ0v) is 24.0. The topological polar surface area (TPSA) is 100 Å². The highest BCUT2D eigenvalue weighted by molar-refractivity contribution is 7.10. The van der Waals surface area contributed by atoms with Crippen LogP contribution in [-0.2, 0) is 14.3 Å². The second-order valence-corrected chi connectivity index (χ2v) is 11.1. The van der Waals surface area contributed by atoms with E-state index in [9.17, 15) is 14.4 Å². The molecule has 206 valence electrons. The van der Waals surface area contributed by atoms with Crippen molar-refractivity contribution in [2.45, 2.75) is 39.7 Å². The number of furan rings is 1. The van der Waals surface area contributed by atoms with Gasteiger partial charge in [-0.2, -0.15) is 0 Å². The van der Waals surface area contributed by atoms with Crippen molar-refractivity contribution in [1.29, 1.82) is 0 Å². The molecule has 8 nitrogen and oxygen atoms in total. The van der Waals surface area contributed by atoms with Crippen molar-refractivity contribution in [2.75, 3.05) is 13.2 Å². The zero-order chi connectivity index (χ0) is 28.2. The Labute approximate surface area is 238 Å². The van der Waals surface area contributed by atoms with Crippen LogP contribution in [0.5, 0.6) is 0 Å². The maximum Gasteiger partial charge on any atom is 0.338 e. The maximum atomic E-state index is 13.7. The number of nitrogens with zero attached hydrogens (tertiary/aromatic N) is 2. The van der Waals surface area contributed by atoms with Crippen molar-refractivity contribution in [3.05, 3.63) is 101 Å². The number of hydrogen-bond donors (Lipinski definition) is 0. The smallest absolute Gasteiger partial charge is 0.338 e. The minimum absolute atomic E-state index is 0.226.